The molecule has 0 radical (unpaired) electrons. The van der Waals surface area contributed by atoms with E-state index in [2.05, 4.69) is 22.4 Å². The molecule has 1 saturated heterocycles. The van der Waals surface area contributed by atoms with Crippen LogP contribution in [0.5, 0.6) is 0 Å². The van der Waals surface area contributed by atoms with Gasteiger partial charge in [0.25, 0.3) is 0 Å². The fourth-order valence-corrected chi connectivity index (χ4v) is 3.08. The van der Waals surface area contributed by atoms with Gasteiger partial charge >= 0.3 is 0 Å². The van der Waals surface area contributed by atoms with Gasteiger partial charge in [0, 0.05) is 18.0 Å². The van der Waals surface area contributed by atoms with Crippen molar-refractivity contribution in [1.29, 1.82) is 0 Å². The van der Waals surface area contributed by atoms with Gasteiger partial charge in [0.2, 0.25) is 0 Å². The first-order chi connectivity index (χ1) is 11.1. The van der Waals surface area contributed by atoms with Gasteiger partial charge < -0.3 is 15.4 Å². The van der Waals surface area contributed by atoms with Crippen LogP contribution in [0.4, 0.5) is 4.39 Å². The Morgan fingerprint density at radius 1 is 1.39 bits per heavy atom. The highest BCUT2D eigenvalue weighted by molar-refractivity contribution is 5.17. The normalized spacial score (nSPS) is 18.0. The summed E-state index contributed by atoms with van der Waals surface area (Å²) in [6, 6.07) is 5.46. The van der Waals surface area contributed by atoms with Crippen molar-refractivity contribution in [3.63, 3.8) is 0 Å². The Balaban J connectivity index is 1.66. The van der Waals surface area contributed by atoms with E-state index in [1.165, 1.54) is 6.20 Å². The topological polar surface area (TPSA) is 53.3 Å². The standard InChI is InChI=1S/C17H23FN4O/c1-21-9-5-13(6-10-21)17(23)16-3-2-8-22(16)20-11-14-4-7-19-12-15(14)18/h2-4,7-8,12-13,17,20,23H,5-6,9-11H2,1H3. The molecule has 1 aliphatic rings. The minimum absolute atomic E-state index is 0.263. The molecular weight excluding hydrogens is 295 g/mol. The molecular formula is C17H23FN4O. The quantitative estimate of drug-likeness (QED) is 0.887. The van der Waals surface area contributed by atoms with E-state index in [0.717, 1.165) is 31.6 Å². The largest absolute Gasteiger partial charge is 0.387 e. The molecule has 2 aromatic rings. The zero-order chi connectivity index (χ0) is 16.2. The van der Waals surface area contributed by atoms with Gasteiger partial charge in [-0.2, -0.15) is 0 Å². The monoisotopic (exact) mass is 318 g/mol. The number of aromatic nitrogens is 2. The van der Waals surface area contributed by atoms with Crippen LogP contribution in [-0.2, 0) is 6.54 Å². The lowest BCUT2D eigenvalue weighted by Gasteiger charge is -2.32. The van der Waals surface area contributed by atoms with Crippen LogP contribution in [-0.4, -0.2) is 39.8 Å². The van der Waals surface area contributed by atoms with E-state index in [-0.39, 0.29) is 11.7 Å². The summed E-state index contributed by atoms with van der Waals surface area (Å²) in [5, 5.41) is 10.7. The summed E-state index contributed by atoms with van der Waals surface area (Å²) in [7, 11) is 2.11. The van der Waals surface area contributed by atoms with Gasteiger partial charge in [0.05, 0.1) is 24.5 Å². The highest BCUT2D eigenvalue weighted by atomic mass is 19.1. The van der Waals surface area contributed by atoms with E-state index in [1.54, 1.807) is 16.9 Å². The number of nitrogens with zero attached hydrogens (tertiary/aromatic N) is 3. The summed E-state index contributed by atoms with van der Waals surface area (Å²) >= 11 is 0. The average Bonchev–Trinajstić information content (AvgIpc) is 3.02. The van der Waals surface area contributed by atoms with Gasteiger partial charge in [0.15, 0.2) is 0 Å². The van der Waals surface area contributed by atoms with Crippen LogP contribution >= 0.6 is 0 Å². The second kappa shape index (κ2) is 7.10. The summed E-state index contributed by atoms with van der Waals surface area (Å²) in [6.45, 7) is 2.37. The van der Waals surface area contributed by atoms with Crippen LogP contribution in [0.1, 0.15) is 30.2 Å². The predicted octanol–water partition coefficient (Wildman–Crippen LogP) is 2.14. The minimum atomic E-state index is -0.506. The molecule has 124 valence electrons. The molecule has 1 aliphatic heterocycles. The Hall–Kier alpha value is -1.92. The average molecular weight is 318 g/mol. The molecule has 3 heterocycles. The van der Waals surface area contributed by atoms with Crippen LogP contribution in [0.2, 0.25) is 0 Å². The molecule has 0 aromatic carbocycles. The van der Waals surface area contributed by atoms with Crippen molar-refractivity contribution in [2.75, 3.05) is 25.6 Å². The lowest BCUT2D eigenvalue weighted by molar-refractivity contribution is 0.0608. The predicted molar refractivity (Wildman–Crippen MR) is 86.9 cm³/mol. The maximum absolute atomic E-state index is 13.6. The molecule has 0 spiro atoms. The van der Waals surface area contributed by atoms with Crippen molar-refractivity contribution >= 4 is 0 Å². The maximum Gasteiger partial charge on any atom is 0.146 e. The molecule has 2 N–H and O–H groups in total. The van der Waals surface area contributed by atoms with Crippen molar-refractivity contribution in [2.45, 2.75) is 25.5 Å². The number of pyridine rings is 1. The third kappa shape index (κ3) is 3.71. The number of halogens is 1. The Kier molecular flexibility index (Phi) is 4.93. The molecule has 0 amide bonds. The van der Waals surface area contributed by atoms with E-state index in [0.29, 0.717) is 12.1 Å². The maximum atomic E-state index is 13.6. The number of likely N-dealkylation sites (tertiary alicyclic amines) is 1. The van der Waals surface area contributed by atoms with Gasteiger partial charge in [-0.05, 0) is 57.1 Å². The first-order valence-electron chi connectivity index (χ1n) is 8.01. The molecule has 1 atom stereocenters. The first-order valence-corrected chi connectivity index (χ1v) is 8.01. The number of hydrogen-bond donors (Lipinski definition) is 2. The smallest absolute Gasteiger partial charge is 0.146 e. The van der Waals surface area contributed by atoms with Crippen molar-refractivity contribution in [2.24, 2.45) is 5.92 Å². The van der Waals surface area contributed by atoms with E-state index in [1.807, 2.05) is 18.3 Å². The third-order valence-corrected chi connectivity index (χ3v) is 4.59. The summed E-state index contributed by atoms with van der Waals surface area (Å²) < 4.78 is 15.4. The Bertz CT molecular complexity index is 637. The van der Waals surface area contributed by atoms with E-state index in [4.69, 9.17) is 0 Å². The Morgan fingerprint density at radius 3 is 2.91 bits per heavy atom. The zero-order valence-corrected chi connectivity index (χ0v) is 13.3. The van der Waals surface area contributed by atoms with Gasteiger partial charge in [-0.15, -0.1) is 0 Å². The van der Waals surface area contributed by atoms with Crippen LogP contribution in [0.15, 0.2) is 36.8 Å². The summed E-state index contributed by atoms with van der Waals surface area (Å²) in [5.74, 6) is -0.0658. The van der Waals surface area contributed by atoms with E-state index < -0.39 is 6.10 Å². The highest BCUT2D eigenvalue weighted by Crippen LogP contribution is 2.30. The van der Waals surface area contributed by atoms with E-state index in [9.17, 15) is 9.50 Å². The van der Waals surface area contributed by atoms with Crippen LogP contribution in [0, 0.1) is 11.7 Å². The van der Waals surface area contributed by atoms with Crippen molar-refractivity contribution in [3.8, 4) is 0 Å². The lowest BCUT2D eigenvalue weighted by atomic mass is 9.90. The van der Waals surface area contributed by atoms with Crippen molar-refractivity contribution in [1.82, 2.24) is 14.6 Å². The first kappa shape index (κ1) is 16.0. The molecule has 0 aliphatic carbocycles. The number of rotatable bonds is 5. The van der Waals surface area contributed by atoms with E-state index >= 15 is 0 Å². The second-order valence-corrected chi connectivity index (χ2v) is 6.19. The molecule has 6 heteroatoms. The molecule has 23 heavy (non-hydrogen) atoms. The SMILES string of the molecule is CN1CCC(C(O)c2cccn2NCc2ccncc2F)CC1. The Morgan fingerprint density at radius 2 is 2.17 bits per heavy atom. The van der Waals surface area contributed by atoms with Crippen LogP contribution in [0.25, 0.3) is 0 Å². The minimum Gasteiger partial charge on any atom is -0.387 e. The number of nitrogens with one attached hydrogen (secondary N) is 1. The Labute approximate surface area is 135 Å². The molecule has 2 aromatic heterocycles. The van der Waals surface area contributed by atoms with Crippen LogP contribution in [0.3, 0.4) is 0 Å². The second-order valence-electron chi connectivity index (χ2n) is 6.19. The lowest BCUT2D eigenvalue weighted by Crippen LogP contribution is -2.33. The van der Waals surface area contributed by atoms with Crippen molar-refractivity contribution in [3.05, 3.63) is 53.9 Å². The summed E-state index contributed by atoms with van der Waals surface area (Å²) in [5.41, 5.74) is 4.53. The number of hydrogen-bond acceptors (Lipinski definition) is 4. The summed E-state index contributed by atoms with van der Waals surface area (Å²) in [4.78, 5) is 6.03. The fourth-order valence-electron chi connectivity index (χ4n) is 3.08. The molecule has 1 unspecified atom stereocenters. The molecule has 3 rings (SSSR count). The molecule has 5 nitrogen and oxygen atoms in total. The number of aliphatic hydroxyl groups excluding tert-OH is 1. The van der Waals surface area contributed by atoms with Crippen molar-refractivity contribution < 1.29 is 9.50 Å². The zero-order valence-electron chi connectivity index (χ0n) is 13.3. The fraction of sp³-hybridized carbons (Fsp3) is 0.471. The van der Waals surface area contributed by atoms with Gasteiger partial charge in [-0.1, -0.05) is 0 Å². The van der Waals surface area contributed by atoms with Crippen LogP contribution < -0.4 is 5.43 Å². The van der Waals surface area contributed by atoms with Gasteiger partial charge in [-0.3, -0.25) is 9.66 Å². The van der Waals surface area contributed by atoms with Gasteiger partial charge in [0.1, 0.15) is 5.82 Å². The highest BCUT2D eigenvalue weighted by Gasteiger charge is 2.26. The van der Waals surface area contributed by atoms with Gasteiger partial charge in [-0.25, -0.2) is 4.39 Å². The number of aliphatic hydroxyl groups is 1. The number of piperidine rings is 1. The third-order valence-electron chi connectivity index (χ3n) is 4.59. The molecule has 0 bridgehead atoms. The molecule has 0 saturated carbocycles. The molecule has 1 fully saturated rings. The summed E-state index contributed by atoms with van der Waals surface area (Å²) in [6.07, 6.45) is 6.11.